The van der Waals surface area contributed by atoms with Gasteiger partial charge in [-0.15, -0.1) is 0 Å². The van der Waals surface area contributed by atoms with Crippen molar-refractivity contribution >= 4 is 23.5 Å². The van der Waals surface area contributed by atoms with E-state index in [1.807, 2.05) is 0 Å². The average molecular weight is 469 g/mol. The Morgan fingerprint density at radius 3 is 2.21 bits per heavy atom. The van der Waals surface area contributed by atoms with Crippen LogP contribution in [0.3, 0.4) is 0 Å². The normalized spacial score (nSPS) is 25.8. The summed E-state index contributed by atoms with van der Waals surface area (Å²) >= 11 is 0. The predicted molar refractivity (Wildman–Crippen MR) is 123 cm³/mol. The van der Waals surface area contributed by atoms with Crippen LogP contribution in [0.2, 0.25) is 0 Å². The van der Waals surface area contributed by atoms with Crippen LogP contribution in [0.25, 0.3) is 0 Å². The van der Waals surface area contributed by atoms with Crippen molar-refractivity contribution in [1.82, 2.24) is 5.32 Å². The highest BCUT2D eigenvalue weighted by atomic mass is 16.5. The fourth-order valence-corrected chi connectivity index (χ4v) is 4.94. The van der Waals surface area contributed by atoms with Gasteiger partial charge in [0.2, 0.25) is 11.8 Å². The molecule has 9 nitrogen and oxygen atoms in total. The number of imide groups is 1. The van der Waals surface area contributed by atoms with Crippen molar-refractivity contribution in [2.75, 3.05) is 32.8 Å². The Morgan fingerprint density at radius 2 is 1.62 bits per heavy atom. The summed E-state index contributed by atoms with van der Waals surface area (Å²) in [4.78, 5) is 41.7. The fraction of sp³-hybridized carbons (Fsp3) is 0.400. The van der Waals surface area contributed by atoms with E-state index in [-0.39, 0.29) is 6.61 Å². The Bertz CT molecular complexity index is 1120. The Labute approximate surface area is 197 Å². The first-order valence-electron chi connectivity index (χ1n) is 11.0. The molecule has 0 aliphatic carbocycles. The quantitative estimate of drug-likeness (QED) is 0.488. The predicted octanol–water partition coefficient (Wildman–Crippen LogP) is 2.48. The summed E-state index contributed by atoms with van der Waals surface area (Å²) in [6.45, 7) is 3.46. The summed E-state index contributed by atoms with van der Waals surface area (Å²) in [5, 5.41) is 3.25. The van der Waals surface area contributed by atoms with Gasteiger partial charge in [-0.25, -0.2) is 4.90 Å². The molecule has 2 saturated heterocycles. The van der Waals surface area contributed by atoms with Crippen molar-refractivity contribution in [3.63, 3.8) is 0 Å². The number of hydrogen-bond donors (Lipinski definition) is 1. The number of carbonyl (C=O) groups excluding carboxylic acids is 3. The summed E-state index contributed by atoms with van der Waals surface area (Å²) in [7, 11) is 4.59. The third-order valence-corrected chi connectivity index (χ3v) is 6.59. The van der Waals surface area contributed by atoms with Gasteiger partial charge in [-0.1, -0.05) is 6.07 Å². The molecule has 180 valence electrons. The van der Waals surface area contributed by atoms with E-state index in [1.54, 1.807) is 63.4 Å². The highest BCUT2D eigenvalue weighted by Gasteiger charge is 2.67. The second kappa shape index (κ2) is 8.98. The van der Waals surface area contributed by atoms with Crippen LogP contribution in [0.15, 0.2) is 42.5 Å². The van der Waals surface area contributed by atoms with Crippen molar-refractivity contribution < 1.29 is 33.3 Å². The number of anilines is 1. The molecule has 0 spiro atoms. The zero-order valence-corrected chi connectivity index (χ0v) is 19.8. The molecule has 0 saturated carbocycles. The minimum absolute atomic E-state index is 0.147. The van der Waals surface area contributed by atoms with E-state index in [4.69, 9.17) is 18.9 Å². The topological polar surface area (TPSA) is 103 Å². The molecule has 4 atom stereocenters. The molecular weight excluding hydrogens is 440 g/mol. The van der Waals surface area contributed by atoms with Gasteiger partial charge in [-0.3, -0.25) is 19.7 Å². The first kappa shape index (κ1) is 23.6. The van der Waals surface area contributed by atoms with Gasteiger partial charge in [0, 0.05) is 17.7 Å². The van der Waals surface area contributed by atoms with Crippen molar-refractivity contribution in [2.45, 2.75) is 25.4 Å². The van der Waals surface area contributed by atoms with Crippen molar-refractivity contribution in [2.24, 2.45) is 11.8 Å². The molecule has 4 rings (SSSR count). The van der Waals surface area contributed by atoms with E-state index < -0.39 is 41.2 Å². The largest absolute Gasteiger partial charge is 0.497 e. The molecule has 0 radical (unpaired) electrons. The van der Waals surface area contributed by atoms with Gasteiger partial charge < -0.3 is 18.9 Å². The Balaban J connectivity index is 1.82. The van der Waals surface area contributed by atoms with Crippen LogP contribution in [-0.2, 0) is 19.1 Å². The second-order valence-electron chi connectivity index (χ2n) is 8.37. The lowest BCUT2D eigenvalue weighted by Gasteiger charge is -2.29. The van der Waals surface area contributed by atoms with Crippen LogP contribution in [-0.4, -0.2) is 51.3 Å². The molecule has 0 bridgehead atoms. The molecule has 2 fully saturated rings. The molecule has 0 aromatic heterocycles. The minimum Gasteiger partial charge on any atom is -0.497 e. The highest BCUT2D eigenvalue weighted by Crippen LogP contribution is 2.51. The summed E-state index contributed by atoms with van der Waals surface area (Å²) in [6, 6.07) is 11.2. The number of hydrogen-bond acceptors (Lipinski definition) is 8. The lowest BCUT2D eigenvalue weighted by atomic mass is 9.80. The third kappa shape index (κ3) is 3.56. The maximum atomic E-state index is 13.7. The summed E-state index contributed by atoms with van der Waals surface area (Å²) in [5.41, 5.74) is -0.356. The number of rotatable bonds is 7. The summed E-state index contributed by atoms with van der Waals surface area (Å²) < 4.78 is 21.4. The third-order valence-electron chi connectivity index (χ3n) is 6.59. The van der Waals surface area contributed by atoms with Crippen LogP contribution in [0.4, 0.5) is 5.69 Å². The van der Waals surface area contributed by atoms with Gasteiger partial charge in [0.1, 0.15) is 22.8 Å². The standard InChI is InChI=1S/C25H28N2O7/c1-6-34-24(30)25(2)20-19(21(26-25)17-12-11-16(32-4)13-18(17)33-5)22(28)27(23(20)29)14-7-9-15(31-3)10-8-14/h7-13,19-21,26H,6H2,1-5H3/t19-,20-,21-,25-/m0/s1. The molecule has 2 aliphatic heterocycles. The summed E-state index contributed by atoms with van der Waals surface area (Å²) in [6.07, 6.45) is 0. The van der Waals surface area contributed by atoms with Gasteiger partial charge in [0.05, 0.1) is 45.5 Å². The number of fused-ring (bicyclic) bond motifs is 1. The van der Waals surface area contributed by atoms with Crippen LogP contribution in [0.1, 0.15) is 25.5 Å². The maximum absolute atomic E-state index is 13.7. The number of amides is 2. The molecule has 2 aliphatic rings. The SMILES string of the molecule is CCOC(=O)[C@@]1(C)N[C@@H](c2ccc(OC)cc2OC)[C@H]2C(=O)N(c3ccc(OC)cc3)C(=O)[C@H]21. The number of esters is 1. The van der Waals surface area contributed by atoms with Crippen LogP contribution in [0, 0.1) is 11.8 Å². The van der Waals surface area contributed by atoms with Crippen molar-refractivity contribution in [1.29, 1.82) is 0 Å². The van der Waals surface area contributed by atoms with Crippen LogP contribution < -0.4 is 24.4 Å². The first-order valence-corrected chi connectivity index (χ1v) is 11.0. The molecule has 0 unspecified atom stereocenters. The molecule has 2 aromatic rings. The van der Waals surface area contributed by atoms with Crippen molar-refractivity contribution in [3.8, 4) is 17.2 Å². The minimum atomic E-state index is -1.41. The van der Waals surface area contributed by atoms with E-state index in [2.05, 4.69) is 5.32 Å². The van der Waals surface area contributed by atoms with Gasteiger partial charge in [-0.05, 0) is 44.2 Å². The van der Waals surface area contributed by atoms with Crippen LogP contribution >= 0.6 is 0 Å². The van der Waals surface area contributed by atoms with E-state index in [1.165, 1.54) is 14.2 Å². The van der Waals surface area contributed by atoms with Crippen molar-refractivity contribution in [3.05, 3.63) is 48.0 Å². The van der Waals surface area contributed by atoms with E-state index in [0.717, 1.165) is 4.90 Å². The maximum Gasteiger partial charge on any atom is 0.326 e. The van der Waals surface area contributed by atoms with Gasteiger partial charge in [-0.2, -0.15) is 0 Å². The number of benzene rings is 2. The lowest BCUT2D eigenvalue weighted by molar-refractivity contribution is -0.153. The zero-order valence-electron chi connectivity index (χ0n) is 19.8. The number of methoxy groups -OCH3 is 3. The summed E-state index contributed by atoms with van der Waals surface area (Å²) in [5.74, 6) is -1.59. The number of carbonyl (C=O) groups is 3. The molecule has 9 heteroatoms. The Hall–Kier alpha value is -3.59. The number of nitrogens with zero attached hydrogens (tertiary/aromatic N) is 1. The van der Waals surface area contributed by atoms with E-state index in [9.17, 15) is 14.4 Å². The highest BCUT2D eigenvalue weighted by molar-refractivity contribution is 6.24. The molecule has 2 amide bonds. The Kier molecular flexibility index (Phi) is 6.22. The zero-order chi connectivity index (χ0) is 24.6. The average Bonchev–Trinajstić information content (AvgIpc) is 3.32. The van der Waals surface area contributed by atoms with Gasteiger partial charge >= 0.3 is 5.97 Å². The number of nitrogens with one attached hydrogen (secondary N) is 1. The first-order chi connectivity index (χ1) is 16.3. The molecule has 2 aromatic carbocycles. The number of ether oxygens (including phenoxy) is 4. The van der Waals surface area contributed by atoms with Gasteiger partial charge in [0.15, 0.2) is 0 Å². The lowest BCUT2D eigenvalue weighted by Crippen LogP contribution is -2.54. The molecule has 2 heterocycles. The fourth-order valence-electron chi connectivity index (χ4n) is 4.94. The molecule has 34 heavy (non-hydrogen) atoms. The van der Waals surface area contributed by atoms with Gasteiger partial charge in [0.25, 0.3) is 0 Å². The Morgan fingerprint density at radius 1 is 0.971 bits per heavy atom. The second-order valence-corrected chi connectivity index (χ2v) is 8.37. The molecule has 1 N–H and O–H groups in total. The van der Waals surface area contributed by atoms with E-state index >= 15 is 0 Å². The monoisotopic (exact) mass is 468 g/mol. The van der Waals surface area contributed by atoms with Crippen LogP contribution in [0.5, 0.6) is 17.2 Å². The van der Waals surface area contributed by atoms with E-state index in [0.29, 0.717) is 28.5 Å². The molecular formula is C25H28N2O7. The smallest absolute Gasteiger partial charge is 0.326 e.